The van der Waals surface area contributed by atoms with E-state index in [2.05, 4.69) is 20.4 Å². The Morgan fingerprint density at radius 1 is 1.56 bits per heavy atom. The molecule has 0 fully saturated rings. The molecule has 0 aromatic heterocycles. The predicted molar refractivity (Wildman–Crippen MR) is 40.2 cm³/mol. The molecular formula is C8H16O. The van der Waals surface area contributed by atoms with Crippen LogP contribution >= 0.6 is 0 Å². The Morgan fingerprint density at radius 3 is 2.44 bits per heavy atom. The maximum atomic E-state index is 5.16. The van der Waals surface area contributed by atoms with Crippen molar-refractivity contribution in [1.82, 2.24) is 0 Å². The van der Waals surface area contributed by atoms with Gasteiger partial charge in [-0.1, -0.05) is 20.4 Å². The van der Waals surface area contributed by atoms with Crippen molar-refractivity contribution in [3.8, 4) is 0 Å². The molecule has 0 atom stereocenters. The van der Waals surface area contributed by atoms with Gasteiger partial charge in [-0.15, -0.1) is 0 Å². The van der Waals surface area contributed by atoms with Gasteiger partial charge >= 0.3 is 0 Å². The van der Waals surface area contributed by atoms with Crippen molar-refractivity contribution in [2.45, 2.75) is 27.2 Å². The summed E-state index contributed by atoms with van der Waals surface area (Å²) in [6.45, 7) is 10.7. The van der Waals surface area contributed by atoms with Crippen molar-refractivity contribution in [2.75, 3.05) is 6.61 Å². The first-order chi connectivity index (χ1) is 4.13. The van der Waals surface area contributed by atoms with E-state index in [9.17, 15) is 0 Å². The van der Waals surface area contributed by atoms with E-state index in [4.69, 9.17) is 4.74 Å². The Balaban J connectivity index is 3.01. The summed E-state index contributed by atoms with van der Waals surface area (Å²) in [5.74, 6) is 1.54. The van der Waals surface area contributed by atoms with Crippen LogP contribution in [0.3, 0.4) is 0 Å². The SMILES string of the molecule is C=C(C)OCCC(C)C. The summed E-state index contributed by atoms with van der Waals surface area (Å²) >= 11 is 0. The first kappa shape index (κ1) is 8.54. The van der Waals surface area contributed by atoms with Crippen molar-refractivity contribution >= 4 is 0 Å². The molecule has 0 rings (SSSR count). The Morgan fingerprint density at radius 2 is 2.11 bits per heavy atom. The molecule has 0 N–H and O–H groups in total. The molecule has 0 radical (unpaired) electrons. The summed E-state index contributed by atoms with van der Waals surface area (Å²) in [6.07, 6.45) is 1.12. The maximum absolute atomic E-state index is 5.16. The third-order valence-corrected chi connectivity index (χ3v) is 1.04. The van der Waals surface area contributed by atoms with Crippen molar-refractivity contribution < 1.29 is 4.74 Å². The van der Waals surface area contributed by atoms with E-state index in [0.717, 1.165) is 24.7 Å². The second-order valence-corrected chi connectivity index (χ2v) is 2.73. The lowest BCUT2D eigenvalue weighted by Crippen LogP contribution is -1.96. The lowest BCUT2D eigenvalue weighted by Gasteiger charge is -2.05. The zero-order valence-electron chi connectivity index (χ0n) is 6.61. The minimum absolute atomic E-state index is 0.726. The molecule has 9 heavy (non-hydrogen) atoms. The lowest BCUT2D eigenvalue weighted by atomic mass is 10.1. The summed E-state index contributed by atoms with van der Waals surface area (Å²) in [5, 5.41) is 0. The molecule has 0 saturated carbocycles. The molecular weight excluding hydrogens is 112 g/mol. The molecule has 1 heteroatoms. The summed E-state index contributed by atoms with van der Waals surface area (Å²) in [7, 11) is 0. The molecule has 0 aromatic rings. The zero-order valence-corrected chi connectivity index (χ0v) is 6.61. The van der Waals surface area contributed by atoms with Crippen LogP contribution in [0.4, 0.5) is 0 Å². The highest BCUT2D eigenvalue weighted by Gasteiger charge is 1.92. The highest BCUT2D eigenvalue weighted by molar-refractivity contribution is 4.73. The number of hydrogen-bond acceptors (Lipinski definition) is 1. The van der Waals surface area contributed by atoms with Crippen LogP contribution in [-0.4, -0.2) is 6.61 Å². The van der Waals surface area contributed by atoms with Crippen molar-refractivity contribution in [3.05, 3.63) is 12.3 Å². The van der Waals surface area contributed by atoms with Gasteiger partial charge in [-0.25, -0.2) is 0 Å². The van der Waals surface area contributed by atoms with Gasteiger partial charge in [0, 0.05) is 0 Å². The highest BCUT2D eigenvalue weighted by atomic mass is 16.5. The van der Waals surface area contributed by atoms with Crippen molar-refractivity contribution in [1.29, 1.82) is 0 Å². The standard InChI is InChI=1S/C8H16O/c1-7(2)5-6-9-8(3)4/h7H,3,5-6H2,1-2,4H3. The van der Waals surface area contributed by atoms with Gasteiger partial charge in [0.15, 0.2) is 0 Å². The van der Waals surface area contributed by atoms with E-state index in [1.807, 2.05) is 6.92 Å². The van der Waals surface area contributed by atoms with Gasteiger partial charge in [0.2, 0.25) is 0 Å². The molecule has 0 aliphatic heterocycles. The van der Waals surface area contributed by atoms with E-state index in [0.29, 0.717) is 0 Å². The molecule has 0 aromatic carbocycles. The summed E-state index contributed by atoms with van der Waals surface area (Å²) < 4.78 is 5.16. The first-order valence-electron chi connectivity index (χ1n) is 3.41. The molecule has 0 aliphatic rings. The van der Waals surface area contributed by atoms with Crippen LogP contribution in [0.15, 0.2) is 12.3 Å². The fraction of sp³-hybridized carbons (Fsp3) is 0.750. The fourth-order valence-electron chi connectivity index (χ4n) is 0.469. The normalized spacial score (nSPS) is 9.78. The van der Waals surface area contributed by atoms with Crippen molar-refractivity contribution in [2.24, 2.45) is 5.92 Å². The maximum Gasteiger partial charge on any atom is 0.0879 e. The van der Waals surface area contributed by atoms with Crippen LogP contribution in [0.25, 0.3) is 0 Å². The number of allylic oxidation sites excluding steroid dienone is 1. The van der Waals surface area contributed by atoms with Crippen LogP contribution in [0.5, 0.6) is 0 Å². The Labute approximate surface area is 57.7 Å². The Kier molecular flexibility index (Phi) is 4.20. The third kappa shape index (κ3) is 7.54. The topological polar surface area (TPSA) is 9.23 Å². The first-order valence-corrected chi connectivity index (χ1v) is 3.41. The minimum atomic E-state index is 0.726. The monoisotopic (exact) mass is 128 g/mol. The van der Waals surface area contributed by atoms with E-state index in [1.165, 1.54) is 0 Å². The quantitative estimate of drug-likeness (QED) is 0.529. The van der Waals surface area contributed by atoms with E-state index in [1.54, 1.807) is 0 Å². The van der Waals surface area contributed by atoms with Crippen LogP contribution in [0, 0.1) is 5.92 Å². The highest BCUT2D eigenvalue weighted by Crippen LogP contribution is 2.00. The van der Waals surface area contributed by atoms with Crippen LogP contribution < -0.4 is 0 Å². The van der Waals surface area contributed by atoms with Gasteiger partial charge in [0.1, 0.15) is 0 Å². The number of ether oxygens (including phenoxy) is 1. The minimum Gasteiger partial charge on any atom is -0.499 e. The molecule has 54 valence electrons. The van der Waals surface area contributed by atoms with Gasteiger partial charge in [0.05, 0.1) is 12.4 Å². The Bertz CT molecular complexity index is 84.6. The van der Waals surface area contributed by atoms with Gasteiger partial charge in [0.25, 0.3) is 0 Å². The van der Waals surface area contributed by atoms with Gasteiger partial charge in [-0.3, -0.25) is 0 Å². The largest absolute Gasteiger partial charge is 0.499 e. The lowest BCUT2D eigenvalue weighted by molar-refractivity contribution is 0.199. The van der Waals surface area contributed by atoms with E-state index >= 15 is 0 Å². The molecule has 0 bridgehead atoms. The van der Waals surface area contributed by atoms with Crippen LogP contribution in [-0.2, 0) is 4.74 Å². The van der Waals surface area contributed by atoms with Crippen LogP contribution in [0.2, 0.25) is 0 Å². The summed E-state index contributed by atoms with van der Waals surface area (Å²) in [4.78, 5) is 0. The molecule has 0 spiro atoms. The summed E-state index contributed by atoms with van der Waals surface area (Å²) in [6, 6.07) is 0. The molecule has 1 nitrogen and oxygen atoms in total. The average Bonchev–Trinajstić information content (AvgIpc) is 1.63. The molecule has 0 saturated heterocycles. The Hall–Kier alpha value is -0.460. The summed E-state index contributed by atoms with van der Waals surface area (Å²) in [5.41, 5.74) is 0. The number of rotatable bonds is 4. The predicted octanol–water partition coefficient (Wildman–Crippen LogP) is 2.58. The van der Waals surface area contributed by atoms with Gasteiger partial charge in [-0.05, 0) is 19.3 Å². The van der Waals surface area contributed by atoms with E-state index < -0.39 is 0 Å². The second kappa shape index (κ2) is 4.42. The zero-order chi connectivity index (χ0) is 7.28. The molecule has 0 amide bonds. The second-order valence-electron chi connectivity index (χ2n) is 2.73. The number of hydrogen-bond donors (Lipinski definition) is 0. The van der Waals surface area contributed by atoms with E-state index in [-0.39, 0.29) is 0 Å². The average molecular weight is 128 g/mol. The van der Waals surface area contributed by atoms with Gasteiger partial charge in [-0.2, -0.15) is 0 Å². The molecule has 0 unspecified atom stereocenters. The fourth-order valence-corrected chi connectivity index (χ4v) is 0.469. The van der Waals surface area contributed by atoms with Crippen LogP contribution in [0.1, 0.15) is 27.2 Å². The molecule has 0 aliphatic carbocycles. The smallest absolute Gasteiger partial charge is 0.0879 e. The third-order valence-electron chi connectivity index (χ3n) is 1.04. The molecule has 0 heterocycles. The van der Waals surface area contributed by atoms with Crippen molar-refractivity contribution in [3.63, 3.8) is 0 Å². The van der Waals surface area contributed by atoms with Gasteiger partial charge < -0.3 is 4.74 Å².